The normalized spacial score (nSPS) is 9.36. The zero-order chi connectivity index (χ0) is 11.0. The molecule has 0 aromatic rings. The molecule has 0 spiro atoms. The highest BCUT2D eigenvalue weighted by Crippen LogP contribution is 2.08. The Hall–Kier alpha value is -1.13. The van der Waals surface area contributed by atoms with Gasteiger partial charge in [0.05, 0.1) is 0 Å². The van der Waals surface area contributed by atoms with Gasteiger partial charge in [-0.15, -0.1) is 6.58 Å². The number of carbonyl (C=O) groups excluding carboxylic acids is 1. The van der Waals surface area contributed by atoms with Gasteiger partial charge in [-0.3, -0.25) is 0 Å². The molecule has 0 unspecified atom stereocenters. The van der Waals surface area contributed by atoms with Crippen molar-refractivity contribution in [1.82, 2.24) is 5.32 Å². The van der Waals surface area contributed by atoms with Gasteiger partial charge in [-0.1, -0.05) is 11.6 Å². The number of rotatable bonds is 6. The lowest BCUT2D eigenvalue weighted by Gasteiger charge is -2.07. The van der Waals surface area contributed by atoms with E-state index in [9.17, 15) is 4.79 Å². The third kappa shape index (κ3) is 4.79. The number of hydrogen-bond donors (Lipinski definition) is 2. The van der Waals surface area contributed by atoms with Gasteiger partial charge in [0.25, 0.3) is 0 Å². The molecule has 80 valence electrons. The molecule has 0 bridgehead atoms. The average molecular weight is 198 g/mol. The van der Waals surface area contributed by atoms with Crippen molar-refractivity contribution in [3.05, 3.63) is 23.8 Å². The van der Waals surface area contributed by atoms with E-state index in [-0.39, 0.29) is 0 Å². The van der Waals surface area contributed by atoms with Gasteiger partial charge in [0.1, 0.15) is 0 Å². The van der Waals surface area contributed by atoms with Crippen molar-refractivity contribution < 1.29 is 9.63 Å². The van der Waals surface area contributed by atoms with Crippen LogP contribution in [0.1, 0.15) is 20.3 Å². The monoisotopic (exact) mass is 198 g/mol. The Kier molecular flexibility index (Phi) is 6.70. The minimum atomic E-state index is -0.453. The van der Waals surface area contributed by atoms with Gasteiger partial charge >= 0.3 is 5.97 Å². The molecule has 0 radical (unpaired) electrons. The van der Waals surface area contributed by atoms with E-state index in [1.54, 1.807) is 6.08 Å². The first kappa shape index (κ1) is 12.9. The van der Waals surface area contributed by atoms with Crippen LogP contribution in [-0.2, 0) is 9.63 Å². The standard InChI is InChI=1S/C10H18N2O2/c1-4-6-12-7-5-9(8(2)3)10(13)14-11/h4,12H,1,5-7,11H2,2-3H3. The smallest absolute Gasteiger partial charge is 0.352 e. The zero-order valence-corrected chi connectivity index (χ0v) is 8.80. The van der Waals surface area contributed by atoms with Gasteiger partial charge in [0.2, 0.25) is 0 Å². The molecular weight excluding hydrogens is 180 g/mol. The Balaban J connectivity index is 4.07. The summed E-state index contributed by atoms with van der Waals surface area (Å²) in [5.74, 6) is 4.37. The Morgan fingerprint density at radius 1 is 1.57 bits per heavy atom. The summed E-state index contributed by atoms with van der Waals surface area (Å²) < 4.78 is 0. The quantitative estimate of drug-likeness (QED) is 0.288. The molecule has 3 N–H and O–H groups in total. The lowest BCUT2D eigenvalue weighted by molar-refractivity contribution is -0.139. The highest BCUT2D eigenvalue weighted by atomic mass is 16.7. The molecule has 4 heteroatoms. The average Bonchev–Trinajstić information content (AvgIpc) is 2.16. The molecule has 4 nitrogen and oxygen atoms in total. The minimum Gasteiger partial charge on any atom is -0.370 e. The first-order valence-electron chi connectivity index (χ1n) is 4.52. The first-order valence-corrected chi connectivity index (χ1v) is 4.52. The molecular formula is C10H18N2O2. The van der Waals surface area contributed by atoms with Gasteiger partial charge < -0.3 is 10.2 Å². The van der Waals surface area contributed by atoms with Crippen molar-refractivity contribution in [1.29, 1.82) is 0 Å². The molecule has 0 saturated carbocycles. The van der Waals surface area contributed by atoms with Crippen LogP contribution in [0.3, 0.4) is 0 Å². The number of nitrogens with one attached hydrogen (secondary N) is 1. The molecule has 0 atom stereocenters. The van der Waals surface area contributed by atoms with E-state index < -0.39 is 5.97 Å². The van der Waals surface area contributed by atoms with Crippen molar-refractivity contribution in [2.45, 2.75) is 20.3 Å². The lowest BCUT2D eigenvalue weighted by Crippen LogP contribution is -2.20. The van der Waals surface area contributed by atoms with Gasteiger partial charge in [-0.25, -0.2) is 4.79 Å². The van der Waals surface area contributed by atoms with Crippen LogP contribution in [0.4, 0.5) is 0 Å². The number of carbonyl (C=O) groups is 1. The van der Waals surface area contributed by atoms with Crippen molar-refractivity contribution in [2.75, 3.05) is 13.1 Å². The van der Waals surface area contributed by atoms with Crippen LogP contribution < -0.4 is 11.2 Å². The second-order valence-corrected chi connectivity index (χ2v) is 3.13. The van der Waals surface area contributed by atoms with Crippen molar-refractivity contribution >= 4 is 5.97 Å². The summed E-state index contributed by atoms with van der Waals surface area (Å²) in [5, 5.41) is 3.10. The van der Waals surface area contributed by atoms with E-state index in [0.717, 1.165) is 12.1 Å². The fourth-order valence-corrected chi connectivity index (χ4v) is 1.04. The SMILES string of the molecule is C=CCNCCC(C(=O)ON)=C(C)C. The fraction of sp³-hybridized carbons (Fsp3) is 0.500. The van der Waals surface area contributed by atoms with Crippen LogP contribution in [0.25, 0.3) is 0 Å². The highest BCUT2D eigenvalue weighted by molar-refractivity contribution is 5.88. The summed E-state index contributed by atoms with van der Waals surface area (Å²) in [4.78, 5) is 15.4. The lowest BCUT2D eigenvalue weighted by atomic mass is 10.1. The van der Waals surface area contributed by atoms with Crippen molar-refractivity contribution in [3.63, 3.8) is 0 Å². The molecule has 0 heterocycles. The first-order chi connectivity index (χ1) is 6.63. The van der Waals surface area contributed by atoms with Crippen LogP contribution in [0.5, 0.6) is 0 Å². The minimum absolute atomic E-state index is 0.453. The van der Waals surface area contributed by atoms with Crippen LogP contribution in [-0.4, -0.2) is 19.1 Å². The van der Waals surface area contributed by atoms with Gasteiger partial charge in [-0.2, -0.15) is 5.90 Å². The van der Waals surface area contributed by atoms with Gasteiger partial charge in [-0.05, 0) is 26.8 Å². The number of nitrogens with two attached hydrogens (primary N) is 1. The van der Waals surface area contributed by atoms with Crippen molar-refractivity contribution in [2.24, 2.45) is 5.90 Å². The number of hydrogen-bond acceptors (Lipinski definition) is 4. The molecule has 14 heavy (non-hydrogen) atoms. The summed E-state index contributed by atoms with van der Waals surface area (Å²) in [7, 11) is 0. The molecule has 0 fully saturated rings. The van der Waals surface area contributed by atoms with Crippen LogP contribution in [0.2, 0.25) is 0 Å². The molecule has 0 aliphatic heterocycles. The van der Waals surface area contributed by atoms with Crippen molar-refractivity contribution in [3.8, 4) is 0 Å². The van der Waals surface area contributed by atoms with E-state index in [2.05, 4.69) is 16.7 Å². The maximum absolute atomic E-state index is 11.2. The van der Waals surface area contributed by atoms with E-state index in [1.165, 1.54) is 0 Å². The predicted molar refractivity (Wildman–Crippen MR) is 56.3 cm³/mol. The predicted octanol–water partition coefficient (Wildman–Crippen LogP) is 0.905. The molecule has 0 saturated heterocycles. The van der Waals surface area contributed by atoms with E-state index >= 15 is 0 Å². The molecule has 0 aromatic heterocycles. The molecule has 0 rings (SSSR count). The van der Waals surface area contributed by atoms with Crippen LogP contribution in [0.15, 0.2) is 23.8 Å². The molecule has 0 amide bonds. The van der Waals surface area contributed by atoms with Gasteiger partial charge in [0, 0.05) is 12.1 Å². The molecule has 0 aromatic carbocycles. The summed E-state index contributed by atoms with van der Waals surface area (Å²) in [6.07, 6.45) is 2.38. The maximum atomic E-state index is 11.2. The largest absolute Gasteiger partial charge is 0.370 e. The van der Waals surface area contributed by atoms with Crippen LogP contribution in [0, 0.1) is 0 Å². The summed E-state index contributed by atoms with van der Waals surface area (Å²) in [6, 6.07) is 0. The van der Waals surface area contributed by atoms with Gasteiger partial charge in [0.15, 0.2) is 0 Å². The Morgan fingerprint density at radius 2 is 2.21 bits per heavy atom. The molecule has 0 aliphatic rings. The Labute approximate surface area is 84.8 Å². The third-order valence-corrected chi connectivity index (χ3v) is 1.80. The number of allylic oxidation sites excluding steroid dienone is 1. The Bertz CT molecular complexity index is 230. The second-order valence-electron chi connectivity index (χ2n) is 3.13. The fourth-order valence-electron chi connectivity index (χ4n) is 1.04. The molecule has 0 aliphatic carbocycles. The Morgan fingerprint density at radius 3 is 2.64 bits per heavy atom. The summed E-state index contributed by atoms with van der Waals surface area (Å²) >= 11 is 0. The summed E-state index contributed by atoms with van der Waals surface area (Å²) in [6.45, 7) is 8.74. The highest BCUT2D eigenvalue weighted by Gasteiger charge is 2.10. The topological polar surface area (TPSA) is 64.3 Å². The van der Waals surface area contributed by atoms with E-state index in [1.807, 2.05) is 13.8 Å². The third-order valence-electron chi connectivity index (χ3n) is 1.80. The zero-order valence-electron chi connectivity index (χ0n) is 8.80. The van der Waals surface area contributed by atoms with Crippen LogP contribution >= 0.6 is 0 Å². The summed E-state index contributed by atoms with van der Waals surface area (Å²) in [5.41, 5.74) is 1.56. The van der Waals surface area contributed by atoms with E-state index in [0.29, 0.717) is 18.5 Å². The second kappa shape index (κ2) is 7.29. The van der Waals surface area contributed by atoms with E-state index in [4.69, 9.17) is 5.90 Å². The maximum Gasteiger partial charge on any atom is 0.352 e.